The van der Waals surface area contributed by atoms with Gasteiger partial charge in [-0.15, -0.1) is 0 Å². The lowest BCUT2D eigenvalue weighted by Crippen LogP contribution is -2.29. The predicted molar refractivity (Wildman–Crippen MR) is 97.3 cm³/mol. The Morgan fingerprint density at radius 3 is 2.67 bits per heavy atom. The monoisotopic (exact) mass is 325 g/mol. The van der Waals surface area contributed by atoms with Crippen LogP contribution in [0, 0.1) is 6.92 Å². The second-order valence-corrected chi connectivity index (χ2v) is 7.08. The summed E-state index contributed by atoms with van der Waals surface area (Å²) in [5.41, 5.74) is 5.17. The molecule has 2 fully saturated rings. The molecule has 2 saturated heterocycles. The summed E-state index contributed by atoms with van der Waals surface area (Å²) in [4.78, 5) is 2.53. The number of rotatable bonds is 3. The van der Waals surface area contributed by atoms with Crippen molar-refractivity contribution in [2.24, 2.45) is 0 Å². The van der Waals surface area contributed by atoms with Gasteiger partial charge in [0.05, 0.1) is 6.20 Å². The minimum atomic E-state index is 0.112. The molecule has 3 heterocycles. The summed E-state index contributed by atoms with van der Waals surface area (Å²) >= 11 is 0. The highest BCUT2D eigenvalue weighted by atomic mass is 16.5. The number of hydrogen-bond donors (Lipinski definition) is 0. The molecule has 24 heavy (non-hydrogen) atoms. The lowest BCUT2D eigenvalue weighted by atomic mass is 10.0. The second kappa shape index (κ2) is 6.98. The highest BCUT2D eigenvalue weighted by Crippen LogP contribution is 2.30. The van der Waals surface area contributed by atoms with Gasteiger partial charge in [-0.1, -0.05) is 6.07 Å². The zero-order valence-electron chi connectivity index (χ0n) is 14.6. The molecule has 0 saturated carbocycles. The average molecular weight is 325 g/mol. The first-order chi connectivity index (χ1) is 11.8. The van der Waals surface area contributed by atoms with E-state index in [-0.39, 0.29) is 6.23 Å². The van der Waals surface area contributed by atoms with Crippen LogP contribution in [0.15, 0.2) is 30.6 Å². The van der Waals surface area contributed by atoms with Crippen molar-refractivity contribution in [3.8, 4) is 11.1 Å². The fourth-order valence-corrected chi connectivity index (χ4v) is 3.90. The van der Waals surface area contributed by atoms with E-state index in [1.54, 1.807) is 0 Å². The molecule has 1 aromatic carbocycles. The van der Waals surface area contributed by atoms with Gasteiger partial charge in [-0.25, -0.2) is 4.68 Å². The highest BCUT2D eigenvalue weighted by molar-refractivity contribution is 5.68. The van der Waals surface area contributed by atoms with Crippen molar-refractivity contribution in [3.63, 3.8) is 0 Å². The molecule has 128 valence electrons. The maximum atomic E-state index is 5.83. The van der Waals surface area contributed by atoms with Gasteiger partial charge in [0, 0.05) is 37.1 Å². The van der Waals surface area contributed by atoms with Crippen LogP contribution < -0.4 is 4.90 Å². The van der Waals surface area contributed by atoms with E-state index in [2.05, 4.69) is 41.3 Å². The van der Waals surface area contributed by atoms with Gasteiger partial charge in [-0.2, -0.15) is 5.10 Å². The molecule has 0 amide bonds. The van der Waals surface area contributed by atoms with Crippen LogP contribution in [0.2, 0.25) is 0 Å². The van der Waals surface area contributed by atoms with E-state index in [0.717, 1.165) is 13.0 Å². The van der Waals surface area contributed by atoms with Gasteiger partial charge in [0.1, 0.15) is 6.23 Å². The molecule has 0 radical (unpaired) electrons. The third-order valence-corrected chi connectivity index (χ3v) is 5.28. The van der Waals surface area contributed by atoms with Crippen LogP contribution in [0.25, 0.3) is 11.1 Å². The quantitative estimate of drug-likeness (QED) is 0.829. The first-order valence-electron chi connectivity index (χ1n) is 9.33. The van der Waals surface area contributed by atoms with Gasteiger partial charge in [0.2, 0.25) is 0 Å². The van der Waals surface area contributed by atoms with Gasteiger partial charge in [-0.3, -0.25) is 0 Å². The minimum Gasteiger partial charge on any atom is -0.371 e. The minimum absolute atomic E-state index is 0.112. The summed E-state index contributed by atoms with van der Waals surface area (Å²) in [7, 11) is 0. The maximum Gasteiger partial charge on any atom is 0.150 e. The Morgan fingerprint density at radius 1 is 1.04 bits per heavy atom. The summed E-state index contributed by atoms with van der Waals surface area (Å²) in [6.45, 7) is 5.46. The molecule has 1 unspecified atom stereocenters. The molecule has 4 heteroatoms. The smallest absolute Gasteiger partial charge is 0.150 e. The summed E-state index contributed by atoms with van der Waals surface area (Å²) in [6.07, 6.45) is 11.7. The number of benzene rings is 1. The lowest BCUT2D eigenvalue weighted by molar-refractivity contribution is -0.0394. The second-order valence-electron chi connectivity index (χ2n) is 7.08. The third-order valence-electron chi connectivity index (χ3n) is 5.28. The topological polar surface area (TPSA) is 30.3 Å². The number of hydrogen-bond acceptors (Lipinski definition) is 3. The van der Waals surface area contributed by atoms with Crippen LogP contribution in [0.1, 0.15) is 50.3 Å². The normalized spacial score (nSPS) is 21.9. The first-order valence-corrected chi connectivity index (χ1v) is 9.33. The van der Waals surface area contributed by atoms with E-state index in [9.17, 15) is 0 Å². The number of ether oxygens (including phenoxy) is 1. The lowest BCUT2D eigenvalue weighted by Gasteiger charge is -2.30. The van der Waals surface area contributed by atoms with Crippen LogP contribution in [0.3, 0.4) is 0 Å². The third kappa shape index (κ3) is 3.20. The Labute approximate surface area is 144 Å². The largest absolute Gasteiger partial charge is 0.371 e. The fraction of sp³-hybridized carbons (Fsp3) is 0.550. The Morgan fingerprint density at radius 2 is 1.92 bits per heavy atom. The summed E-state index contributed by atoms with van der Waals surface area (Å²) in [5, 5.41) is 4.54. The fourth-order valence-electron chi connectivity index (χ4n) is 3.90. The average Bonchev–Trinajstić information content (AvgIpc) is 3.13. The summed E-state index contributed by atoms with van der Waals surface area (Å²) < 4.78 is 7.82. The van der Waals surface area contributed by atoms with Crippen LogP contribution >= 0.6 is 0 Å². The number of anilines is 1. The summed E-state index contributed by atoms with van der Waals surface area (Å²) in [5.74, 6) is 0. The first kappa shape index (κ1) is 15.7. The summed E-state index contributed by atoms with van der Waals surface area (Å²) in [6, 6.07) is 6.82. The maximum absolute atomic E-state index is 5.83. The molecular formula is C20H27N3O. The van der Waals surface area contributed by atoms with Gasteiger partial charge in [-0.05, 0) is 68.7 Å². The van der Waals surface area contributed by atoms with Crippen molar-refractivity contribution in [2.45, 2.75) is 51.7 Å². The standard InChI is InChI=1S/C20H27N3O/c1-16-13-17(8-9-19(16)22-10-4-2-5-11-22)18-14-21-23(15-18)20-7-3-6-12-24-20/h8-9,13-15,20H,2-7,10-12H2,1H3. The van der Waals surface area contributed by atoms with Gasteiger partial charge in [0.25, 0.3) is 0 Å². The Hall–Kier alpha value is -1.81. The van der Waals surface area contributed by atoms with E-state index in [4.69, 9.17) is 4.74 Å². The molecule has 2 aliphatic heterocycles. The van der Waals surface area contributed by atoms with E-state index in [1.165, 1.54) is 67.6 Å². The Balaban J connectivity index is 1.54. The van der Waals surface area contributed by atoms with Crippen molar-refractivity contribution in [1.29, 1.82) is 0 Å². The predicted octanol–water partition coefficient (Wildman–Crippen LogP) is 4.55. The van der Waals surface area contributed by atoms with E-state index >= 15 is 0 Å². The number of aryl methyl sites for hydroxylation is 1. The molecule has 0 bridgehead atoms. The molecule has 0 N–H and O–H groups in total. The molecule has 1 atom stereocenters. The molecule has 4 nitrogen and oxygen atoms in total. The van der Waals surface area contributed by atoms with Crippen molar-refractivity contribution in [3.05, 3.63) is 36.2 Å². The van der Waals surface area contributed by atoms with Crippen molar-refractivity contribution < 1.29 is 4.74 Å². The molecule has 0 aliphatic carbocycles. The van der Waals surface area contributed by atoms with Gasteiger partial charge >= 0.3 is 0 Å². The molecule has 4 rings (SSSR count). The van der Waals surface area contributed by atoms with Crippen molar-refractivity contribution >= 4 is 5.69 Å². The Kier molecular flexibility index (Phi) is 4.56. The molecule has 2 aliphatic rings. The van der Waals surface area contributed by atoms with Crippen LogP contribution in [-0.2, 0) is 4.74 Å². The number of piperidine rings is 1. The van der Waals surface area contributed by atoms with E-state index < -0.39 is 0 Å². The van der Waals surface area contributed by atoms with Crippen LogP contribution in [0.5, 0.6) is 0 Å². The highest BCUT2D eigenvalue weighted by Gasteiger charge is 2.17. The molecular weight excluding hydrogens is 298 g/mol. The van der Waals surface area contributed by atoms with Crippen LogP contribution in [-0.4, -0.2) is 29.5 Å². The SMILES string of the molecule is Cc1cc(-c2cnn(C3CCCCO3)c2)ccc1N1CCCCC1. The van der Waals surface area contributed by atoms with E-state index in [0.29, 0.717) is 0 Å². The number of aromatic nitrogens is 2. The van der Waals surface area contributed by atoms with Gasteiger partial charge in [0.15, 0.2) is 0 Å². The molecule has 2 aromatic rings. The van der Waals surface area contributed by atoms with Crippen molar-refractivity contribution in [1.82, 2.24) is 9.78 Å². The molecule has 1 aromatic heterocycles. The van der Waals surface area contributed by atoms with E-state index in [1.807, 2.05) is 10.9 Å². The van der Waals surface area contributed by atoms with Crippen LogP contribution in [0.4, 0.5) is 5.69 Å². The molecule has 0 spiro atoms. The van der Waals surface area contributed by atoms with Gasteiger partial charge < -0.3 is 9.64 Å². The zero-order chi connectivity index (χ0) is 16.4. The Bertz CT molecular complexity index is 682. The zero-order valence-corrected chi connectivity index (χ0v) is 14.6. The van der Waals surface area contributed by atoms with Crippen molar-refractivity contribution in [2.75, 3.05) is 24.6 Å². The number of nitrogens with zero attached hydrogens (tertiary/aromatic N) is 3.